The number of benzene rings is 3. The van der Waals surface area contributed by atoms with Crippen LogP contribution in [-0.4, -0.2) is 35.4 Å². The summed E-state index contributed by atoms with van der Waals surface area (Å²) in [4.78, 5) is 9.65. The molecule has 0 amide bonds. The molecule has 0 saturated carbocycles. The molecule has 5 rings (SSSR count). The van der Waals surface area contributed by atoms with Gasteiger partial charge in [0.15, 0.2) is 23.3 Å². The van der Waals surface area contributed by atoms with Gasteiger partial charge in [0.25, 0.3) is 0 Å². The lowest BCUT2D eigenvalue weighted by Gasteiger charge is -2.42. The Kier molecular flexibility index (Phi) is 6.18. The van der Waals surface area contributed by atoms with Gasteiger partial charge in [-0.15, -0.1) is 11.8 Å². The zero-order valence-electron chi connectivity index (χ0n) is 18.1. The molecule has 1 aliphatic rings. The number of halogens is 6. The van der Waals surface area contributed by atoms with E-state index in [1.54, 1.807) is 30.3 Å². The number of hydrogen-bond acceptors (Lipinski definition) is 5. The van der Waals surface area contributed by atoms with Gasteiger partial charge in [-0.25, -0.2) is 31.9 Å². The minimum absolute atomic E-state index is 0.196. The molecule has 1 aliphatic heterocycles. The van der Waals surface area contributed by atoms with E-state index in [0.717, 1.165) is 11.8 Å². The van der Waals surface area contributed by atoms with Crippen LogP contribution in [0.1, 0.15) is 0 Å². The highest BCUT2D eigenvalue weighted by atomic mass is 35.5. The van der Waals surface area contributed by atoms with Gasteiger partial charge >= 0.3 is 0 Å². The molecule has 0 spiro atoms. The van der Waals surface area contributed by atoms with Crippen molar-refractivity contribution in [2.24, 2.45) is 0 Å². The SMILES string of the molecule is CSc1c(F)c(F)c(F)c(F)c1N1CC(Nc2ncnc3cc(-c4ccccc4F)c(Cl)cc23)C1. The van der Waals surface area contributed by atoms with Crippen LogP contribution in [0.15, 0.2) is 47.6 Å². The fraction of sp³-hybridized carbons (Fsp3) is 0.167. The van der Waals surface area contributed by atoms with E-state index < -0.39 is 29.1 Å². The molecule has 3 aromatic carbocycles. The summed E-state index contributed by atoms with van der Waals surface area (Å²) in [7, 11) is 0. The number of anilines is 2. The maximum Gasteiger partial charge on any atom is 0.199 e. The first kappa shape index (κ1) is 23.6. The van der Waals surface area contributed by atoms with Crippen molar-refractivity contribution in [3.05, 3.63) is 76.8 Å². The van der Waals surface area contributed by atoms with Crippen molar-refractivity contribution in [3.8, 4) is 11.1 Å². The zero-order chi connectivity index (χ0) is 24.9. The minimum atomic E-state index is -1.84. The van der Waals surface area contributed by atoms with Gasteiger partial charge in [0.2, 0.25) is 0 Å². The quantitative estimate of drug-likeness (QED) is 0.137. The molecule has 0 bridgehead atoms. The van der Waals surface area contributed by atoms with Crippen molar-refractivity contribution in [1.82, 2.24) is 9.97 Å². The van der Waals surface area contributed by atoms with Crippen molar-refractivity contribution < 1.29 is 22.0 Å². The monoisotopic (exact) mass is 522 g/mol. The first-order chi connectivity index (χ1) is 16.8. The lowest BCUT2D eigenvalue weighted by Crippen LogP contribution is -2.55. The Morgan fingerprint density at radius 1 is 0.943 bits per heavy atom. The third kappa shape index (κ3) is 4.04. The molecule has 2 heterocycles. The molecule has 1 fully saturated rings. The van der Waals surface area contributed by atoms with Crippen LogP contribution < -0.4 is 10.2 Å². The average molecular weight is 523 g/mol. The summed E-state index contributed by atoms with van der Waals surface area (Å²) in [5.41, 5.74) is 1.04. The minimum Gasteiger partial charge on any atom is -0.364 e. The maximum absolute atomic E-state index is 14.5. The summed E-state index contributed by atoms with van der Waals surface area (Å²) in [6.07, 6.45) is 2.80. The highest BCUT2D eigenvalue weighted by molar-refractivity contribution is 7.98. The van der Waals surface area contributed by atoms with Gasteiger partial charge in [-0.3, -0.25) is 0 Å². The third-order valence-corrected chi connectivity index (χ3v) is 6.92. The highest BCUT2D eigenvalue weighted by Gasteiger charge is 2.35. The molecule has 4 aromatic rings. The van der Waals surface area contributed by atoms with Gasteiger partial charge in [-0.05, 0) is 24.5 Å². The van der Waals surface area contributed by atoms with Gasteiger partial charge in [-0.2, -0.15) is 0 Å². The fourth-order valence-electron chi connectivity index (χ4n) is 4.09. The summed E-state index contributed by atoms with van der Waals surface area (Å²) >= 11 is 7.26. The zero-order valence-corrected chi connectivity index (χ0v) is 19.6. The largest absolute Gasteiger partial charge is 0.364 e. The molecule has 0 atom stereocenters. The van der Waals surface area contributed by atoms with E-state index in [4.69, 9.17) is 11.6 Å². The van der Waals surface area contributed by atoms with Crippen molar-refractivity contribution in [2.45, 2.75) is 10.9 Å². The molecule has 35 heavy (non-hydrogen) atoms. The van der Waals surface area contributed by atoms with Crippen LogP contribution in [0.3, 0.4) is 0 Å². The van der Waals surface area contributed by atoms with Crippen LogP contribution in [0.5, 0.6) is 0 Å². The predicted octanol–water partition coefficient (Wildman–Crippen LogP) is 6.67. The van der Waals surface area contributed by atoms with Gasteiger partial charge < -0.3 is 10.2 Å². The first-order valence-electron chi connectivity index (χ1n) is 10.4. The van der Waals surface area contributed by atoms with Gasteiger partial charge in [-0.1, -0.05) is 29.8 Å². The number of nitrogens with one attached hydrogen (secondary N) is 1. The third-order valence-electron chi connectivity index (χ3n) is 5.83. The molecule has 1 N–H and O–H groups in total. The molecule has 4 nitrogen and oxygen atoms in total. The lowest BCUT2D eigenvalue weighted by atomic mass is 10.0. The lowest BCUT2D eigenvalue weighted by molar-refractivity contribution is 0.393. The van der Waals surface area contributed by atoms with E-state index >= 15 is 0 Å². The number of nitrogens with zero attached hydrogens (tertiary/aromatic N) is 3. The second-order valence-corrected chi connectivity index (χ2v) is 9.16. The van der Waals surface area contributed by atoms with Crippen LogP contribution in [0.2, 0.25) is 5.02 Å². The Labute approximate surface area is 206 Å². The molecule has 11 heteroatoms. The fourth-order valence-corrected chi connectivity index (χ4v) is 5.04. The number of aromatic nitrogens is 2. The van der Waals surface area contributed by atoms with Crippen LogP contribution >= 0.6 is 23.4 Å². The number of fused-ring (bicyclic) bond motifs is 1. The summed E-state index contributed by atoms with van der Waals surface area (Å²) in [5.74, 6) is -6.47. The van der Waals surface area contributed by atoms with E-state index in [1.807, 2.05) is 0 Å². The second-order valence-electron chi connectivity index (χ2n) is 7.94. The Hall–Kier alpha value is -3.11. The average Bonchev–Trinajstić information content (AvgIpc) is 2.82. The van der Waals surface area contributed by atoms with Crippen LogP contribution in [0.4, 0.5) is 33.5 Å². The molecule has 0 aliphatic carbocycles. The Morgan fingerprint density at radius 2 is 1.66 bits per heavy atom. The standard InChI is InChI=1S/C24H16ClF5N4S/c1-35-23-21(30)19(28)18(27)20(29)22(23)34-8-11(9-34)33-24-14-6-15(25)13(7-17(14)31-10-32-24)12-4-2-3-5-16(12)26/h2-7,10-11H,8-9H2,1H3,(H,31,32,33). The molecule has 0 radical (unpaired) electrons. The molecular formula is C24H16ClF5N4S. The Balaban J connectivity index is 1.41. The highest BCUT2D eigenvalue weighted by Crippen LogP contribution is 2.40. The maximum atomic E-state index is 14.5. The molecule has 0 unspecified atom stereocenters. The number of rotatable bonds is 5. The van der Waals surface area contributed by atoms with E-state index in [-0.39, 0.29) is 29.7 Å². The molecule has 1 aromatic heterocycles. The van der Waals surface area contributed by atoms with Crippen molar-refractivity contribution in [2.75, 3.05) is 29.6 Å². The van der Waals surface area contributed by atoms with Gasteiger partial charge in [0.1, 0.15) is 18.0 Å². The van der Waals surface area contributed by atoms with Gasteiger partial charge in [0, 0.05) is 34.6 Å². The van der Waals surface area contributed by atoms with Crippen LogP contribution in [0, 0.1) is 29.1 Å². The molecule has 1 saturated heterocycles. The van der Waals surface area contributed by atoms with Crippen LogP contribution in [0.25, 0.3) is 22.0 Å². The normalized spacial score (nSPS) is 13.9. The summed E-state index contributed by atoms with van der Waals surface area (Å²) in [6.45, 7) is 0.392. The second kappa shape index (κ2) is 9.16. The van der Waals surface area contributed by atoms with Crippen molar-refractivity contribution >= 4 is 45.8 Å². The number of thioether (sulfide) groups is 1. The van der Waals surface area contributed by atoms with E-state index in [1.165, 1.54) is 23.5 Å². The summed E-state index contributed by atoms with van der Waals surface area (Å²) < 4.78 is 70.4. The topological polar surface area (TPSA) is 41.0 Å². The van der Waals surface area contributed by atoms with Crippen molar-refractivity contribution in [1.29, 1.82) is 0 Å². The van der Waals surface area contributed by atoms with Gasteiger partial charge in [0.05, 0.1) is 22.1 Å². The Bertz CT molecular complexity index is 1460. The molecule has 180 valence electrons. The number of hydrogen-bond donors (Lipinski definition) is 1. The Morgan fingerprint density at radius 3 is 2.37 bits per heavy atom. The summed E-state index contributed by atoms with van der Waals surface area (Å²) in [5, 5.41) is 4.09. The van der Waals surface area contributed by atoms with Crippen molar-refractivity contribution in [3.63, 3.8) is 0 Å². The predicted molar refractivity (Wildman–Crippen MR) is 128 cm³/mol. The van der Waals surface area contributed by atoms with Crippen LogP contribution in [-0.2, 0) is 0 Å². The van der Waals surface area contributed by atoms with E-state index in [0.29, 0.717) is 32.9 Å². The smallest absolute Gasteiger partial charge is 0.199 e. The molecular weight excluding hydrogens is 507 g/mol. The van der Waals surface area contributed by atoms with E-state index in [9.17, 15) is 22.0 Å². The summed E-state index contributed by atoms with van der Waals surface area (Å²) in [6, 6.07) is 9.31. The van der Waals surface area contributed by atoms with E-state index in [2.05, 4.69) is 15.3 Å². The first-order valence-corrected chi connectivity index (χ1v) is 12.0.